The Morgan fingerprint density at radius 1 is 1.40 bits per heavy atom. The highest BCUT2D eigenvalue weighted by Crippen LogP contribution is 2.28. The molecule has 1 aliphatic rings. The fraction of sp³-hybridized carbons (Fsp3) is 0.571. The smallest absolute Gasteiger partial charge is 0.404 e. The SMILES string of the molecule is O=C(O)NC1CCC(O)(COCc2ccncc2)CC1. The number of pyridine rings is 1. The van der Waals surface area contributed by atoms with Crippen molar-refractivity contribution in [3.63, 3.8) is 0 Å². The highest BCUT2D eigenvalue weighted by molar-refractivity contribution is 5.64. The standard InChI is InChI=1S/C14H20N2O4/c17-13(18)16-12-1-5-14(19,6-2-12)10-20-9-11-3-7-15-8-4-11/h3-4,7-8,12,16,19H,1-2,5-6,9-10H2,(H,17,18). The average Bonchev–Trinajstić information content (AvgIpc) is 2.42. The highest BCUT2D eigenvalue weighted by atomic mass is 16.5. The van der Waals surface area contributed by atoms with Gasteiger partial charge in [0, 0.05) is 18.4 Å². The number of aliphatic hydroxyl groups is 1. The molecule has 0 aromatic carbocycles. The van der Waals surface area contributed by atoms with Crippen molar-refractivity contribution in [1.82, 2.24) is 10.3 Å². The molecule has 0 aliphatic heterocycles. The van der Waals surface area contributed by atoms with E-state index in [9.17, 15) is 9.90 Å². The van der Waals surface area contributed by atoms with Gasteiger partial charge in [0.2, 0.25) is 0 Å². The number of hydrogen-bond acceptors (Lipinski definition) is 4. The lowest BCUT2D eigenvalue weighted by atomic mass is 9.83. The number of aromatic nitrogens is 1. The van der Waals surface area contributed by atoms with Gasteiger partial charge < -0.3 is 20.3 Å². The quantitative estimate of drug-likeness (QED) is 0.761. The Morgan fingerprint density at radius 3 is 2.65 bits per heavy atom. The molecule has 0 radical (unpaired) electrons. The molecule has 0 unspecified atom stereocenters. The molecule has 0 bridgehead atoms. The molecular weight excluding hydrogens is 260 g/mol. The van der Waals surface area contributed by atoms with Gasteiger partial charge in [-0.3, -0.25) is 4.98 Å². The van der Waals surface area contributed by atoms with Crippen molar-refractivity contribution in [2.75, 3.05) is 6.61 Å². The summed E-state index contributed by atoms with van der Waals surface area (Å²) in [5.74, 6) is 0. The summed E-state index contributed by atoms with van der Waals surface area (Å²) in [6.07, 6.45) is 4.78. The Hall–Kier alpha value is -1.66. The molecule has 0 saturated heterocycles. The Morgan fingerprint density at radius 2 is 2.05 bits per heavy atom. The first kappa shape index (κ1) is 14.7. The molecular formula is C14H20N2O4. The second-order valence-corrected chi connectivity index (χ2v) is 5.30. The molecule has 0 spiro atoms. The van der Waals surface area contributed by atoms with E-state index in [-0.39, 0.29) is 12.6 Å². The van der Waals surface area contributed by atoms with E-state index in [2.05, 4.69) is 10.3 Å². The van der Waals surface area contributed by atoms with E-state index in [0.717, 1.165) is 5.56 Å². The molecule has 1 aromatic heterocycles. The van der Waals surface area contributed by atoms with Crippen LogP contribution in [0.2, 0.25) is 0 Å². The van der Waals surface area contributed by atoms with Crippen molar-refractivity contribution in [3.8, 4) is 0 Å². The zero-order valence-corrected chi connectivity index (χ0v) is 11.3. The van der Waals surface area contributed by atoms with Crippen LogP contribution in [0.1, 0.15) is 31.2 Å². The zero-order chi connectivity index (χ0) is 14.4. The molecule has 2 rings (SSSR count). The summed E-state index contributed by atoms with van der Waals surface area (Å²) in [5.41, 5.74) is 0.175. The summed E-state index contributed by atoms with van der Waals surface area (Å²) in [6, 6.07) is 3.68. The van der Waals surface area contributed by atoms with Crippen molar-refractivity contribution in [2.45, 2.75) is 43.9 Å². The Bertz CT molecular complexity index is 430. The molecule has 1 aromatic rings. The first-order valence-corrected chi connectivity index (χ1v) is 6.76. The molecule has 3 N–H and O–H groups in total. The second kappa shape index (κ2) is 6.67. The van der Waals surface area contributed by atoms with Gasteiger partial charge in [0.15, 0.2) is 0 Å². The predicted octanol–water partition coefficient (Wildman–Crippen LogP) is 1.54. The molecule has 110 valence electrons. The topological polar surface area (TPSA) is 91.7 Å². The van der Waals surface area contributed by atoms with Crippen molar-refractivity contribution in [2.24, 2.45) is 0 Å². The first-order chi connectivity index (χ1) is 9.57. The molecule has 1 aliphatic carbocycles. The number of amides is 1. The van der Waals surface area contributed by atoms with E-state index < -0.39 is 11.7 Å². The summed E-state index contributed by atoms with van der Waals surface area (Å²) >= 11 is 0. The van der Waals surface area contributed by atoms with Gasteiger partial charge in [-0.2, -0.15) is 0 Å². The maximum absolute atomic E-state index is 10.6. The van der Waals surface area contributed by atoms with Gasteiger partial charge in [-0.05, 0) is 43.4 Å². The number of carbonyl (C=O) groups is 1. The summed E-state index contributed by atoms with van der Waals surface area (Å²) < 4.78 is 5.56. The van der Waals surface area contributed by atoms with Crippen molar-refractivity contribution in [1.29, 1.82) is 0 Å². The van der Waals surface area contributed by atoms with Gasteiger partial charge in [0.1, 0.15) is 0 Å². The Labute approximate surface area is 117 Å². The first-order valence-electron chi connectivity index (χ1n) is 6.76. The van der Waals surface area contributed by atoms with E-state index >= 15 is 0 Å². The normalized spacial score (nSPS) is 26.1. The molecule has 0 atom stereocenters. The summed E-state index contributed by atoms with van der Waals surface area (Å²) in [5, 5.41) is 21.5. The van der Waals surface area contributed by atoms with Gasteiger partial charge >= 0.3 is 6.09 Å². The zero-order valence-electron chi connectivity index (χ0n) is 11.3. The molecule has 20 heavy (non-hydrogen) atoms. The molecule has 1 saturated carbocycles. The number of hydrogen-bond donors (Lipinski definition) is 3. The van der Waals surface area contributed by atoms with Crippen molar-refractivity contribution in [3.05, 3.63) is 30.1 Å². The number of nitrogens with zero attached hydrogens (tertiary/aromatic N) is 1. The third-order valence-corrected chi connectivity index (χ3v) is 3.63. The highest BCUT2D eigenvalue weighted by Gasteiger charge is 2.33. The van der Waals surface area contributed by atoms with Gasteiger partial charge in [-0.25, -0.2) is 4.79 Å². The summed E-state index contributed by atoms with van der Waals surface area (Å²) in [6.45, 7) is 0.719. The van der Waals surface area contributed by atoms with Crippen LogP contribution < -0.4 is 5.32 Å². The number of rotatable bonds is 5. The lowest BCUT2D eigenvalue weighted by molar-refractivity contribution is -0.0764. The molecule has 6 nitrogen and oxygen atoms in total. The third-order valence-electron chi connectivity index (χ3n) is 3.63. The molecule has 1 amide bonds. The fourth-order valence-corrected chi connectivity index (χ4v) is 2.46. The number of nitrogens with one attached hydrogen (secondary N) is 1. The van der Waals surface area contributed by atoms with E-state index in [1.165, 1.54) is 0 Å². The fourth-order valence-electron chi connectivity index (χ4n) is 2.46. The van der Waals surface area contributed by atoms with E-state index in [1.807, 2.05) is 12.1 Å². The monoisotopic (exact) mass is 280 g/mol. The lowest BCUT2D eigenvalue weighted by Gasteiger charge is -2.35. The van der Waals surface area contributed by atoms with Crippen molar-refractivity contribution >= 4 is 6.09 Å². The predicted molar refractivity (Wildman–Crippen MR) is 72.3 cm³/mol. The van der Waals surface area contributed by atoms with Gasteiger partial charge in [-0.15, -0.1) is 0 Å². The van der Waals surface area contributed by atoms with Crippen LogP contribution in [0.5, 0.6) is 0 Å². The van der Waals surface area contributed by atoms with Crippen molar-refractivity contribution < 1.29 is 19.7 Å². The number of carboxylic acid groups (broad SMARTS) is 1. The minimum absolute atomic E-state index is 0.0621. The minimum Gasteiger partial charge on any atom is -0.465 e. The van der Waals surface area contributed by atoms with Crippen LogP contribution in [-0.4, -0.2) is 39.5 Å². The Kier molecular flexibility index (Phi) is 4.92. The Balaban J connectivity index is 1.72. The average molecular weight is 280 g/mol. The summed E-state index contributed by atoms with van der Waals surface area (Å²) in [7, 11) is 0. The largest absolute Gasteiger partial charge is 0.465 e. The van der Waals surface area contributed by atoms with Gasteiger partial charge in [0.25, 0.3) is 0 Å². The lowest BCUT2D eigenvalue weighted by Crippen LogP contribution is -2.45. The molecule has 6 heteroatoms. The van der Waals surface area contributed by atoms with Crippen LogP contribution in [0.3, 0.4) is 0 Å². The molecule has 1 fully saturated rings. The van der Waals surface area contributed by atoms with E-state index in [1.54, 1.807) is 12.4 Å². The maximum atomic E-state index is 10.6. The van der Waals surface area contributed by atoms with E-state index in [0.29, 0.717) is 32.3 Å². The van der Waals surface area contributed by atoms with Crippen LogP contribution in [0.15, 0.2) is 24.5 Å². The van der Waals surface area contributed by atoms with Gasteiger partial charge in [0.05, 0.1) is 18.8 Å². The van der Waals surface area contributed by atoms with Crippen LogP contribution in [0.4, 0.5) is 4.79 Å². The summed E-state index contributed by atoms with van der Waals surface area (Å²) in [4.78, 5) is 14.5. The van der Waals surface area contributed by atoms with Crippen LogP contribution in [0, 0.1) is 0 Å². The maximum Gasteiger partial charge on any atom is 0.404 e. The third kappa shape index (κ3) is 4.47. The van der Waals surface area contributed by atoms with Crippen LogP contribution in [-0.2, 0) is 11.3 Å². The van der Waals surface area contributed by atoms with Crippen LogP contribution >= 0.6 is 0 Å². The second-order valence-electron chi connectivity index (χ2n) is 5.30. The number of ether oxygens (including phenoxy) is 1. The molecule has 1 heterocycles. The van der Waals surface area contributed by atoms with Crippen LogP contribution in [0.25, 0.3) is 0 Å². The van der Waals surface area contributed by atoms with Gasteiger partial charge in [-0.1, -0.05) is 0 Å². The minimum atomic E-state index is -1.01. The van der Waals surface area contributed by atoms with E-state index in [4.69, 9.17) is 9.84 Å².